The van der Waals surface area contributed by atoms with Gasteiger partial charge in [0.05, 0.1) is 11.6 Å². The monoisotopic (exact) mass is 412 g/mol. The first-order valence-electron chi connectivity index (χ1n) is 11.0. The Morgan fingerprint density at radius 1 is 1.27 bits per heavy atom. The Labute approximate surface area is 177 Å². The van der Waals surface area contributed by atoms with Crippen LogP contribution in [0.15, 0.2) is 27.3 Å². The van der Waals surface area contributed by atoms with E-state index in [-0.39, 0.29) is 28.6 Å². The van der Waals surface area contributed by atoms with Crippen LogP contribution in [-0.2, 0) is 7.05 Å². The van der Waals surface area contributed by atoms with E-state index < -0.39 is 0 Å². The van der Waals surface area contributed by atoms with Crippen LogP contribution in [0.1, 0.15) is 93.0 Å². The summed E-state index contributed by atoms with van der Waals surface area (Å²) in [6.45, 7) is 6.46. The average molecular weight is 413 g/mol. The van der Waals surface area contributed by atoms with Crippen LogP contribution < -0.4 is 10.9 Å². The number of carbonyl (C=O) groups excluding carboxylic acids is 1. The summed E-state index contributed by atoms with van der Waals surface area (Å²) in [4.78, 5) is 26.3. The van der Waals surface area contributed by atoms with Gasteiger partial charge in [0.1, 0.15) is 6.26 Å². The summed E-state index contributed by atoms with van der Waals surface area (Å²) in [5, 5.41) is 6.77. The summed E-state index contributed by atoms with van der Waals surface area (Å²) in [7, 11) is 1.98. The molecule has 7 nitrogen and oxygen atoms in total. The molecule has 7 heteroatoms. The van der Waals surface area contributed by atoms with Crippen LogP contribution in [0, 0.1) is 12.3 Å². The van der Waals surface area contributed by atoms with Crippen LogP contribution in [0.4, 0.5) is 0 Å². The molecule has 2 aliphatic rings. The zero-order valence-corrected chi connectivity index (χ0v) is 18.5. The number of amides is 1. The first kappa shape index (κ1) is 20.7. The molecule has 0 saturated heterocycles. The lowest BCUT2D eigenvalue weighted by atomic mass is 9.74. The maximum absolute atomic E-state index is 13.6. The minimum absolute atomic E-state index is 0.0713. The lowest BCUT2D eigenvalue weighted by molar-refractivity contribution is 0.0953. The van der Waals surface area contributed by atoms with Crippen molar-refractivity contribution >= 4 is 11.5 Å². The minimum atomic E-state index is -0.294. The van der Waals surface area contributed by atoms with Crippen molar-refractivity contribution in [1.29, 1.82) is 0 Å². The summed E-state index contributed by atoms with van der Waals surface area (Å²) >= 11 is 0. The first-order valence-corrected chi connectivity index (χ1v) is 11.0. The highest BCUT2D eigenvalue weighted by molar-refractivity contribution is 5.94. The Balaban J connectivity index is 1.79. The number of nitrogens with zero attached hydrogens (tertiary/aromatic N) is 3. The molecular formula is C23H32N4O3. The Hall–Kier alpha value is -2.57. The van der Waals surface area contributed by atoms with E-state index in [2.05, 4.69) is 24.3 Å². The molecule has 0 aliphatic heterocycles. The molecule has 2 aromatic heterocycles. The van der Waals surface area contributed by atoms with Crippen molar-refractivity contribution in [3.63, 3.8) is 0 Å². The van der Waals surface area contributed by atoms with Gasteiger partial charge < -0.3 is 9.84 Å². The third-order valence-corrected chi connectivity index (χ3v) is 6.82. The maximum Gasteiger partial charge on any atom is 0.277 e. The van der Waals surface area contributed by atoms with Gasteiger partial charge in [0, 0.05) is 24.5 Å². The summed E-state index contributed by atoms with van der Waals surface area (Å²) < 4.78 is 8.79. The van der Waals surface area contributed by atoms with E-state index in [4.69, 9.17) is 4.52 Å². The highest BCUT2D eigenvalue weighted by Gasteiger charge is 2.33. The number of hydrogen-bond acceptors (Lipinski definition) is 4. The van der Waals surface area contributed by atoms with Gasteiger partial charge in [0.2, 0.25) is 0 Å². The number of carbonyl (C=O) groups is 1. The van der Waals surface area contributed by atoms with E-state index in [1.807, 2.05) is 23.3 Å². The van der Waals surface area contributed by atoms with Gasteiger partial charge in [-0.15, -0.1) is 0 Å². The molecular weight excluding hydrogens is 380 g/mol. The average Bonchev–Trinajstić information content (AvgIpc) is 3.32. The van der Waals surface area contributed by atoms with Gasteiger partial charge in [-0.1, -0.05) is 38.3 Å². The molecule has 0 radical (unpaired) electrons. The standard InChI is InChI=1S/C23H32N4O3/c1-15-20(22(29)27(26(15)4)16-8-6-5-7-9-16)17-14-23(2,3)12-10-18(17)24-21(28)19-11-13-30-25-19/h11,13,16H,5-10,12,14H2,1-4H3,(H,24,28). The van der Waals surface area contributed by atoms with Gasteiger partial charge >= 0.3 is 0 Å². The largest absolute Gasteiger partial charge is 0.364 e. The number of nitrogens with one attached hydrogen (secondary N) is 1. The maximum atomic E-state index is 13.6. The van der Waals surface area contributed by atoms with Gasteiger partial charge in [-0.3, -0.25) is 14.3 Å². The molecule has 0 spiro atoms. The molecule has 2 aliphatic carbocycles. The van der Waals surface area contributed by atoms with Gasteiger partial charge in [-0.05, 0) is 50.0 Å². The van der Waals surface area contributed by atoms with E-state index in [1.54, 1.807) is 6.07 Å². The highest BCUT2D eigenvalue weighted by Crippen LogP contribution is 2.42. The fourth-order valence-corrected chi connectivity index (χ4v) is 5.01. The molecule has 162 valence electrons. The Morgan fingerprint density at radius 2 is 2.00 bits per heavy atom. The van der Waals surface area contributed by atoms with Crippen molar-refractivity contribution < 1.29 is 9.32 Å². The van der Waals surface area contributed by atoms with E-state index in [0.717, 1.165) is 54.6 Å². The van der Waals surface area contributed by atoms with Gasteiger partial charge in [-0.2, -0.15) is 0 Å². The van der Waals surface area contributed by atoms with Crippen molar-refractivity contribution in [1.82, 2.24) is 19.8 Å². The summed E-state index contributed by atoms with van der Waals surface area (Å²) in [5.74, 6) is -0.294. The SMILES string of the molecule is Cc1c(C2=C(NC(=O)c3ccon3)CCC(C)(C)C2)c(=O)n(C2CCCCC2)n1C. The number of allylic oxidation sites excluding steroid dienone is 2. The van der Waals surface area contributed by atoms with E-state index >= 15 is 0 Å². The van der Waals surface area contributed by atoms with Crippen LogP contribution in [0.5, 0.6) is 0 Å². The number of aromatic nitrogens is 3. The van der Waals surface area contributed by atoms with Crippen molar-refractivity contribution in [2.45, 2.75) is 78.2 Å². The van der Waals surface area contributed by atoms with Crippen molar-refractivity contribution in [3.05, 3.63) is 45.3 Å². The fourth-order valence-electron chi connectivity index (χ4n) is 5.01. The molecule has 0 atom stereocenters. The Bertz CT molecular complexity index is 1020. The Kier molecular flexibility index (Phi) is 5.47. The third kappa shape index (κ3) is 3.77. The topological polar surface area (TPSA) is 82.1 Å². The quantitative estimate of drug-likeness (QED) is 0.810. The van der Waals surface area contributed by atoms with E-state index in [9.17, 15) is 9.59 Å². The molecule has 1 saturated carbocycles. The smallest absolute Gasteiger partial charge is 0.277 e. The fraction of sp³-hybridized carbons (Fsp3) is 0.609. The molecule has 1 N–H and O–H groups in total. The van der Waals surface area contributed by atoms with E-state index in [1.165, 1.54) is 25.5 Å². The molecule has 0 aromatic carbocycles. The summed E-state index contributed by atoms with van der Waals surface area (Å²) in [5.41, 5.74) is 3.92. The Morgan fingerprint density at radius 3 is 2.67 bits per heavy atom. The normalized spacial score (nSPS) is 19.9. The van der Waals surface area contributed by atoms with Crippen molar-refractivity contribution in [2.24, 2.45) is 12.5 Å². The summed E-state index contributed by atoms with van der Waals surface area (Å²) in [6.07, 6.45) is 9.52. The summed E-state index contributed by atoms with van der Waals surface area (Å²) in [6, 6.07) is 1.81. The van der Waals surface area contributed by atoms with Crippen LogP contribution in [0.2, 0.25) is 0 Å². The van der Waals surface area contributed by atoms with Crippen LogP contribution in [0.25, 0.3) is 5.57 Å². The molecule has 30 heavy (non-hydrogen) atoms. The van der Waals surface area contributed by atoms with Crippen molar-refractivity contribution in [3.8, 4) is 0 Å². The van der Waals surface area contributed by atoms with Crippen LogP contribution >= 0.6 is 0 Å². The van der Waals surface area contributed by atoms with Gasteiger partial charge in [0.15, 0.2) is 5.69 Å². The highest BCUT2D eigenvalue weighted by atomic mass is 16.5. The molecule has 0 bridgehead atoms. The second-order valence-corrected chi connectivity index (χ2v) is 9.56. The molecule has 0 unspecified atom stereocenters. The lowest BCUT2D eigenvalue weighted by Gasteiger charge is -2.33. The second kappa shape index (κ2) is 7.93. The predicted molar refractivity (Wildman–Crippen MR) is 115 cm³/mol. The predicted octanol–water partition coefficient (Wildman–Crippen LogP) is 4.34. The molecule has 2 heterocycles. The van der Waals surface area contributed by atoms with Crippen molar-refractivity contribution in [2.75, 3.05) is 0 Å². The number of rotatable bonds is 4. The molecule has 4 rings (SSSR count). The lowest BCUT2D eigenvalue weighted by Crippen LogP contribution is -2.32. The van der Waals surface area contributed by atoms with Crippen LogP contribution in [-0.4, -0.2) is 20.4 Å². The zero-order valence-electron chi connectivity index (χ0n) is 18.5. The van der Waals surface area contributed by atoms with Crippen LogP contribution in [0.3, 0.4) is 0 Å². The number of hydrogen-bond donors (Lipinski definition) is 1. The second-order valence-electron chi connectivity index (χ2n) is 9.56. The molecule has 2 aromatic rings. The molecule has 1 fully saturated rings. The van der Waals surface area contributed by atoms with E-state index in [0.29, 0.717) is 0 Å². The zero-order chi connectivity index (χ0) is 21.5. The first-order chi connectivity index (χ1) is 14.3. The molecule has 1 amide bonds. The third-order valence-electron chi connectivity index (χ3n) is 6.82. The van der Waals surface area contributed by atoms with Gasteiger partial charge in [0.25, 0.3) is 11.5 Å². The minimum Gasteiger partial charge on any atom is -0.364 e. The van der Waals surface area contributed by atoms with Gasteiger partial charge in [-0.25, -0.2) is 4.68 Å².